The maximum absolute atomic E-state index is 6.76. The van der Waals surface area contributed by atoms with Crippen molar-refractivity contribution >= 4 is 76.5 Å². The summed E-state index contributed by atoms with van der Waals surface area (Å²) in [5.74, 6) is 1.73. The number of nitrogens with zero attached hydrogens (tertiary/aromatic N) is 4. The van der Waals surface area contributed by atoms with Gasteiger partial charge in [0.25, 0.3) is 0 Å². The van der Waals surface area contributed by atoms with Crippen LogP contribution in [-0.2, 0) is 0 Å². The Balaban J connectivity index is 1.06. The van der Waals surface area contributed by atoms with Crippen molar-refractivity contribution in [3.05, 3.63) is 182 Å². The number of rotatable bonds is 4. The quantitative estimate of drug-likeness (QED) is 0.178. The Labute approximate surface area is 347 Å². The van der Waals surface area contributed by atoms with Crippen molar-refractivity contribution in [3.8, 4) is 62.1 Å². The monoisotopic (exact) mass is 778 g/mol. The van der Waals surface area contributed by atoms with E-state index in [4.69, 9.17) is 23.8 Å². The molecule has 282 valence electrons. The first-order valence-corrected chi connectivity index (χ1v) is 20.5. The highest BCUT2D eigenvalue weighted by Crippen LogP contribution is 2.50. The molecule has 0 unspecified atom stereocenters. The van der Waals surface area contributed by atoms with Crippen molar-refractivity contribution in [1.29, 1.82) is 0 Å². The first-order chi connectivity index (χ1) is 30.2. The molecule has 13 aromatic rings. The Hall–Kier alpha value is -8.35. The van der Waals surface area contributed by atoms with E-state index < -0.39 is 0 Å². The summed E-state index contributed by atoms with van der Waals surface area (Å²) in [7, 11) is 0. The first kappa shape index (κ1) is 32.6. The van der Waals surface area contributed by atoms with Crippen LogP contribution >= 0.6 is 0 Å². The van der Waals surface area contributed by atoms with E-state index in [0.29, 0.717) is 17.5 Å². The molecule has 0 fully saturated rings. The summed E-state index contributed by atoms with van der Waals surface area (Å²) in [5, 5.41) is 9.03. The van der Waals surface area contributed by atoms with Crippen LogP contribution in [-0.4, -0.2) is 19.5 Å². The minimum Gasteiger partial charge on any atom is -0.456 e. The lowest BCUT2D eigenvalue weighted by atomic mass is 9.93. The molecular formula is C55H30N4O2. The number of hydrogen-bond donors (Lipinski definition) is 0. The van der Waals surface area contributed by atoms with Crippen molar-refractivity contribution in [2.24, 2.45) is 0 Å². The van der Waals surface area contributed by atoms with Crippen LogP contribution in [0.2, 0.25) is 0 Å². The molecule has 6 nitrogen and oxygen atoms in total. The van der Waals surface area contributed by atoms with Gasteiger partial charge in [0.05, 0.1) is 22.1 Å². The third-order valence-electron chi connectivity index (χ3n) is 12.6. The van der Waals surface area contributed by atoms with Gasteiger partial charge in [-0.25, -0.2) is 15.0 Å². The second-order valence-corrected chi connectivity index (χ2v) is 15.9. The van der Waals surface area contributed by atoms with Crippen LogP contribution in [0.15, 0.2) is 191 Å². The van der Waals surface area contributed by atoms with E-state index in [1.807, 2.05) is 72.8 Å². The lowest BCUT2D eigenvalue weighted by Crippen LogP contribution is -2.00. The molecule has 0 spiro atoms. The van der Waals surface area contributed by atoms with E-state index in [9.17, 15) is 0 Å². The van der Waals surface area contributed by atoms with Crippen LogP contribution in [0.3, 0.4) is 0 Å². The van der Waals surface area contributed by atoms with Crippen molar-refractivity contribution in [3.63, 3.8) is 0 Å². The average molecular weight is 779 g/mol. The molecule has 0 atom stereocenters. The predicted octanol–water partition coefficient (Wildman–Crippen LogP) is 14.6. The molecule has 6 heteroatoms. The number of para-hydroxylation sites is 1. The van der Waals surface area contributed by atoms with Gasteiger partial charge < -0.3 is 13.4 Å². The molecule has 0 aliphatic heterocycles. The minimum atomic E-state index is 0.565. The zero-order valence-corrected chi connectivity index (χ0v) is 32.4. The Morgan fingerprint density at radius 3 is 1.80 bits per heavy atom. The number of fused-ring (bicyclic) bond motifs is 9. The van der Waals surface area contributed by atoms with Crippen LogP contribution in [0.4, 0.5) is 0 Å². The summed E-state index contributed by atoms with van der Waals surface area (Å²) in [6.07, 6.45) is 0. The molecule has 0 amide bonds. The third-order valence-corrected chi connectivity index (χ3v) is 12.6. The van der Waals surface area contributed by atoms with Crippen molar-refractivity contribution in [1.82, 2.24) is 19.5 Å². The van der Waals surface area contributed by atoms with Gasteiger partial charge in [-0.05, 0) is 87.6 Å². The molecule has 0 saturated carbocycles. The van der Waals surface area contributed by atoms with Crippen LogP contribution < -0.4 is 0 Å². The molecule has 4 aromatic heterocycles. The molecule has 14 rings (SSSR count). The smallest absolute Gasteiger partial charge is 0.164 e. The molecule has 0 N–H and O–H groups in total. The zero-order chi connectivity index (χ0) is 39.8. The van der Waals surface area contributed by atoms with E-state index in [1.165, 1.54) is 43.8 Å². The largest absolute Gasteiger partial charge is 0.456 e. The van der Waals surface area contributed by atoms with E-state index in [0.717, 1.165) is 77.3 Å². The van der Waals surface area contributed by atoms with E-state index in [-0.39, 0.29) is 0 Å². The van der Waals surface area contributed by atoms with Gasteiger partial charge in [-0.3, -0.25) is 0 Å². The highest BCUT2D eigenvalue weighted by Gasteiger charge is 2.27. The number of furan rings is 2. The zero-order valence-electron chi connectivity index (χ0n) is 32.4. The van der Waals surface area contributed by atoms with Gasteiger partial charge in [0.2, 0.25) is 0 Å². The molecule has 0 saturated heterocycles. The van der Waals surface area contributed by atoms with Crippen LogP contribution in [0, 0.1) is 0 Å². The number of aromatic nitrogens is 4. The molecule has 4 heterocycles. The van der Waals surface area contributed by atoms with Gasteiger partial charge in [0.15, 0.2) is 17.5 Å². The highest BCUT2D eigenvalue weighted by molar-refractivity contribution is 6.31. The van der Waals surface area contributed by atoms with Crippen LogP contribution in [0.5, 0.6) is 0 Å². The van der Waals surface area contributed by atoms with Crippen molar-refractivity contribution < 1.29 is 8.83 Å². The number of hydrogen-bond acceptors (Lipinski definition) is 5. The van der Waals surface area contributed by atoms with E-state index in [2.05, 4.69) is 114 Å². The fraction of sp³-hybridized carbons (Fsp3) is 0. The molecule has 1 aliphatic rings. The van der Waals surface area contributed by atoms with E-state index in [1.54, 1.807) is 0 Å². The van der Waals surface area contributed by atoms with Gasteiger partial charge in [-0.2, -0.15) is 0 Å². The van der Waals surface area contributed by atoms with Gasteiger partial charge in [-0.15, -0.1) is 0 Å². The van der Waals surface area contributed by atoms with E-state index >= 15 is 0 Å². The summed E-state index contributed by atoms with van der Waals surface area (Å²) in [4.78, 5) is 15.6. The summed E-state index contributed by atoms with van der Waals surface area (Å²) in [5.41, 5.74) is 14.2. The maximum Gasteiger partial charge on any atom is 0.164 e. The topological polar surface area (TPSA) is 69.9 Å². The maximum atomic E-state index is 6.76. The van der Waals surface area contributed by atoms with Gasteiger partial charge in [0.1, 0.15) is 22.3 Å². The lowest BCUT2D eigenvalue weighted by molar-refractivity contribution is 0.668. The molecule has 61 heavy (non-hydrogen) atoms. The van der Waals surface area contributed by atoms with Gasteiger partial charge >= 0.3 is 0 Å². The Morgan fingerprint density at radius 1 is 0.328 bits per heavy atom. The Morgan fingerprint density at radius 2 is 0.934 bits per heavy atom. The summed E-state index contributed by atoms with van der Waals surface area (Å²) < 4.78 is 15.4. The Bertz CT molecular complexity index is 4010. The average Bonchev–Trinajstić information content (AvgIpc) is 3.98. The molecule has 9 aromatic carbocycles. The molecule has 1 aliphatic carbocycles. The van der Waals surface area contributed by atoms with Crippen LogP contribution in [0.25, 0.3) is 139 Å². The highest BCUT2D eigenvalue weighted by atomic mass is 16.3. The second kappa shape index (κ2) is 12.1. The van der Waals surface area contributed by atoms with Gasteiger partial charge in [0, 0.05) is 43.6 Å². The van der Waals surface area contributed by atoms with Gasteiger partial charge in [-0.1, -0.05) is 127 Å². The second-order valence-electron chi connectivity index (χ2n) is 15.9. The van der Waals surface area contributed by atoms with Crippen LogP contribution in [0.1, 0.15) is 0 Å². The fourth-order valence-electron chi connectivity index (χ4n) is 10.0. The fourth-order valence-corrected chi connectivity index (χ4v) is 10.0. The summed E-state index contributed by atoms with van der Waals surface area (Å²) in [6, 6.07) is 63.7. The minimum absolute atomic E-state index is 0.565. The van der Waals surface area contributed by atoms with Crippen molar-refractivity contribution in [2.45, 2.75) is 0 Å². The summed E-state index contributed by atoms with van der Waals surface area (Å²) in [6.45, 7) is 0. The molecule has 0 bridgehead atoms. The lowest BCUT2D eigenvalue weighted by Gasteiger charge is -2.14. The Kier molecular flexibility index (Phi) is 6.46. The molecule has 0 radical (unpaired) electrons. The normalized spacial score (nSPS) is 12.3. The van der Waals surface area contributed by atoms with Crippen molar-refractivity contribution in [2.75, 3.05) is 0 Å². The SMILES string of the molecule is c1ccc(-c2nc(-c3ccc4oc5ccccc5c4c3)nc(-c3cccc4oc5cccc(-n6c7cccc8c7c7c9c(cccc9ccc76)-c6ccccc6-8)c5c34)n2)cc1. The third kappa shape index (κ3) is 4.53. The standard InChI is InChI=1S/C55H30N4O2/c1-2-12-32(13-3-1)53-56-54(33-27-29-45-40(30-33)36-17-6-7-23-44(36)60-45)58-55(57-53)39-20-10-24-46-50(39)51-42(22-11-25-47(51)61-46)59-41-21-9-19-38-35-16-5-4-15-34(35)37-18-8-14-31-26-28-43(59)52(48(31)37)49(38)41/h1-30H. The predicted molar refractivity (Wildman–Crippen MR) is 247 cm³/mol. The molecular weight excluding hydrogens is 749 g/mol. The summed E-state index contributed by atoms with van der Waals surface area (Å²) >= 11 is 0. The number of benzene rings is 9. The first-order valence-electron chi connectivity index (χ1n) is 20.5.